The van der Waals surface area contributed by atoms with Crippen molar-refractivity contribution >= 4 is 5.65 Å². The van der Waals surface area contributed by atoms with Gasteiger partial charge in [0.2, 0.25) is 0 Å². The fourth-order valence-corrected chi connectivity index (χ4v) is 9.20. The van der Waals surface area contributed by atoms with Crippen molar-refractivity contribution < 1.29 is 0 Å². The zero-order valence-corrected chi connectivity index (χ0v) is 34.9. The van der Waals surface area contributed by atoms with Crippen LogP contribution >= 0.6 is 0 Å². The van der Waals surface area contributed by atoms with E-state index in [0.29, 0.717) is 0 Å². The quantitative estimate of drug-likeness (QED) is 0.176. The van der Waals surface area contributed by atoms with Gasteiger partial charge >= 0.3 is 0 Å². The molecule has 4 aromatic heterocycles. The molecule has 0 aliphatic heterocycles. The van der Waals surface area contributed by atoms with Crippen LogP contribution in [0.2, 0.25) is 0 Å². The summed E-state index contributed by atoms with van der Waals surface area (Å²) in [6.07, 6.45) is 1.96. The molecule has 1 aliphatic carbocycles. The van der Waals surface area contributed by atoms with Gasteiger partial charge in [0.1, 0.15) is 5.65 Å². The summed E-state index contributed by atoms with van der Waals surface area (Å²) in [6.45, 7) is 22.3. The van der Waals surface area contributed by atoms with Crippen LogP contribution in [0, 0.1) is 27.7 Å². The Morgan fingerprint density at radius 3 is 1.82 bits per heavy atom. The van der Waals surface area contributed by atoms with E-state index in [0.717, 1.165) is 51.1 Å². The SMILES string of the molecule is Cc1nn(-c2cc(C(C)(C)C)cc(C3(c4cc(-c5cc(C(C)(C)C)ccn5)n5c(C)c(C)nc5c4)c4ccccc4-c4ccccc43)c2)c(C)c1-c1ccccc1. The van der Waals surface area contributed by atoms with E-state index in [9.17, 15) is 0 Å². The minimum absolute atomic E-state index is 0.0357. The van der Waals surface area contributed by atoms with Crippen molar-refractivity contribution in [1.29, 1.82) is 0 Å². The van der Waals surface area contributed by atoms with Crippen molar-refractivity contribution in [3.05, 3.63) is 184 Å². The maximum Gasteiger partial charge on any atom is 0.138 e. The second kappa shape index (κ2) is 13.0. The van der Waals surface area contributed by atoms with Crippen molar-refractivity contribution in [2.45, 2.75) is 85.5 Å². The fourth-order valence-electron chi connectivity index (χ4n) is 9.20. The van der Waals surface area contributed by atoms with Crippen LogP contribution in [0.1, 0.15) is 97.7 Å². The van der Waals surface area contributed by atoms with E-state index in [-0.39, 0.29) is 10.8 Å². The van der Waals surface area contributed by atoms with Gasteiger partial charge in [-0.3, -0.25) is 9.38 Å². The van der Waals surface area contributed by atoms with Gasteiger partial charge in [-0.2, -0.15) is 5.10 Å². The molecule has 0 radical (unpaired) electrons. The summed E-state index contributed by atoms with van der Waals surface area (Å²) in [7, 11) is 0. The highest BCUT2D eigenvalue weighted by molar-refractivity contribution is 5.87. The summed E-state index contributed by atoms with van der Waals surface area (Å²) < 4.78 is 4.46. The van der Waals surface area contributed by atoms with Crippen LogP contribution in [0.5, 0.6) is 0 Å². The van der Waals surface area contributed by atoms with Gasteiger partial charge in [-0.1, -0.05) is 126 Å². The molecule has 57 heavy (non-hydrogen) atoms. The first-order valence-electron chi connectivity index (χ1n) is 20.1. The van der Waals surface area contributed by atoms with Crippen molar-refractivity contribution in [3.8, 4) is 39.3 Å². The fraction of sp³-hybridized carbons (Fsp3) is 0.250. The van der Waals surface area contributed by atoms with E-state index in [1.807, 2.05) is 6.20 Å². The summed E-state index contributed by atoms with van der Waals surface area (Å²) in [4.78, 5) is 10.3. The molecule has 284 valence electrons. The van der Waals surface area contributed by atoms with Gasteiger partial charge in [0, 0.05) is 23.1 Å². The Morgan fingerprint density at radius 1 is 0.561 bits per heavy atom. The number of aryl methyl sites for hydroxylation is 3. The normalized spacial score (nSPS) is 13.6. The van der Waals surface area contributed by atoms with Gasteiger partial charge in [0.25, 0.3) is 0 Å². The molecule has 0 saturated heterocycles. The Hall–Kier alpha value is -6.07. The van der Waals surface area contributed by atoms with E-state index < -0.39 is 5.41 Å². The third kappa shape index (κ3) is 5.69. The van der Waals surface area contributed by atoms with Gasteiger partial charge in [0.15, 0.2) is 0 Å². The lowest BCUT2D eigenvalue weighted by Gasteiger charge is -2.36. The van der Waals surface area contributed by atoms with E-state index in [1.54, 1.807) is 0 Å². The molecule has 5 nitrogen and oxygen atoms in total. The van der Waals surface area contributed by atoms with Crippen LogP contribution in [-0.4, -0.2) is 24.1 Å². The summed E-state index contributed by atoms with van der Waals surface area (Å²) in [5.74, 6) is 0. The minimum Gasteiger partial charge on any atom is -0.295 e. The number of nitrogens with zero attached hydrogens (tertiary/aromatic N) is 5. The summed E-state index contributed by atoms with van der Waals surface area (Å²) in [5, 5.41) is 5.26. The number of hydrogen-bond donors (Lipinski definition) is 0. The molecule has 8 aromatic rings. The van der Waals surface area contributed by atoms with Gasteiger partial charge in [0.05, 0.1) is 33.9 Å². The molecule has 4 heterocycles. The number of imidazole rings is 1. The number of hydrogen-bond acceptors (Lipinski definition) is 3. The standard InChI is InChI=1S/C52H51N5/c1-32-34(3)56-47(46-29-37(24-25-53-46)50(5,6)7)30-40(31-48(56)54-32)52(44-22-16-14-20-42(44)43-21-15-17-23-45(43)52)39-26-38(51(8,9)10)27-41(28-39)57-35(4)49(33(2)55-57)36-18-12-11-13-19-36/h11-31H,1-10H3. The third-order valence-electron chi connectivity index (χ3n) is 12.3. The molecule has 0 unspecified atom stereocenters. The molecule has 0 N–H and O–H groups in total. The first-order chi connectivity index (χ1) is 27.2. The van der Waals surface area contributed by atoms with Gasteiger partial charge < -0.3 is 0 Å². The molecule has 0 spiro atoms. The Balaban J connectivity index is 1.41. The van der Waals surface area contributed by atoms with Crippen molar-refractivity contribution in [2.75, 3.05) is 0 Å². The zero-order chi connectivity index (χ0) is 40.0. The highest BCUT2D eigenvalue weighted by Crippen LogP contribution is 2.57. The number of pyridine rings is 2. The Kier molecular flexibility index (Phi) is 8.33. The van der Waals surface area contributed by atoms with Gasteiger partial charge in [-0.05, 0) is 125 Å². The van der Waals surface area contributed by atoms with E-state index in [1.165, 1.54) is 50.1 Å². The largest absolute Gasteiger partial charge is 0.295 e. The first kappa shape index (κ1) is 36.6. The summed E-state index contributed by atoms with van der Waals surface area (Å²) >= 11 is 0. The zero-order valence-electron chi connectivity index (χ0n) is 34.9. The Morgan fingerprint density at radius 2 is 1.18 bits per heavy atom. The number of aromatic nitrogens is 5. The van der Waals surface area contributed by atoms with Crippen LogP contribution in [0.25, 0.3) is 45.0 Å². The van der Waals surface area contributed by atoms with Crippen molar-refractivity contribution in [1.82, 2.24) is 24.1 Å². The molecule has 1 aliphatic rings. The van der Waals surface area contributed by atoms with E-state index in [4.69, 9.17) is 15.1 Å². The molecular weight excluding hydrogens is 695 g/mol. The highest BCUT2D eigenvalue weighted by atomic mass is 15.3. The Labute approximate surface area is 337 Å². The molecule has 0 fully saturated rings. The lowest BCUT2D eigenvalue weighted by molar-refractivity contribution is 0.586. The highest BCUT2D eigenvalue weighted by Gasteiger charge is 2.47. The molecule has 0 bridgehead atoms. The smallest absolute Gasteiger partial charge is 0.138 e. The molecule has 9 rings (SSSR count). The lowest BCUT2D eigenvalue weighted by atomic mass is 9.66. The maximum atomic E-state index is 5.26. The number of rotatable bonds is 5. The number of benzene rings is 4. The average molecular weight is 746 g/mol. The minimum atomic E-state index is -0.687. The van der Waals surface area contributed by atoms with Crippen LogP contribution in [0.3, 0.4) is 0 Å². The molecular formula is C52H51N5. The lowest BCUT2D eigenvalue weighted by Crippen LogP contribution is -2.30. The molecule has 0 atom stereocenters. The molecule has 0 amide bonds. The second-order valence-corrected chi connectivity index (χ2v) is 18.0. The predicted molar refractivity (Wildman–Crippen MR) is 235 cm³/mol. The first-order valence-corrected chi connectivity index (χ1v) is 20.1. The van der Waals surface area contributed by atoms with Gasteiger partial charge in [-0.25, -0.2) is 9.67 Å². The molecule has 0 saturated carbocycles. The van der Waals surface area contributed by atoms with Crippen LogP contribution in [0.4, 0.5) is 0 Å². The van der Waals surface area contributed by atoms with E-state index >= 15 is 0 Å². The Bertz CT molecular complexity index is 2810. The average Bonchev–Trinajstić information content (AvgIpc) is 3.79. The monoisotopic (exact) mass is 745 g/mol. The third-order valence-corrected chi connectivity index (χ3v) is 12.3. The summed E-state index contributed by atoms with van der Waals surface area (Å²) in [6, 6.07) is 44.9. The second-order valence-electron chi connectivity index (χ2n) is 18.0. The molecule has 4 aromatic carbocycles. The van der Waals surface area contributed by atoms with E-state index in [2.05, 4.69) is 200 Å². The maximum absolute atomic E-state index is 5.26. The number of fused-ring (bicyclic) bond motifs is 4. The van der Waals surface area contributed by atoms with Crippen molar-refractivity contribution in [2.24, 2.45) is 0 Å². The van der Waals surface area contributed by atoms with Crippen molar-refractivity contribution in [3.63, 3.8) is 0 Å². The van der Waals surface area contributed by atoms with Crippen LogP contribution < -0.4 is 0 Å². The van der Waals surface area contributed by atoms with Crippen LogP contribution in [-0.2, 0) is 16.2 Å². The molecule has 5 heteroatoms. The van der Waals surface area contributed by atoms with Crippen LogP contribution in [0.15, 0.2) is 128 Å². The van der Waals surface area contributed by atoms with Gasteiger partial charge in [-0.15, -0.1) is 0 Å². The summed E-state index contributed by atoms with van der Waals surface area (Å²) in [5.41, 5.74) is 19.5. The topological polar surface area (TPSA) is 48.0 Å². The predicted octanol–water partition coefficient (Wildman–Crippen LogP) is 12.4.